The number of benzene rings is 2. The third-order valence-corrected chi connectivity index (χ3v) is 4.81. The van der Waals surface area contributed by atoms with Crippen molar-refractivity contribution in [1.82, 2.24) is 5.32 Å². The molecule has 0 aliphatic carbocycles. The maximum Gasteiger partial charge on any atom is 0.251 e. The highest BCUT2D eigenvalue weighted by atomic mass is 35.5. The van der Waals surface area contributed by atoms with Gasteiger partial charge in [-0.15, -0.1) is 0 Å². The molecule has 0 fully saturated rings. The zero-order valence-corrected chi connectivity index (χ0v) is 13.9. The average Bonchev–Trinajstić information content (AvgIpc) is 2.48. The van der Waals surface area contributed by atoms with Crippen LogP contribution < -0.4 is 5.32 Å². The number of nitrogens with one attached hydrogen (secondary N) is 1. The van der Waals surface area contributed by atoms with Gasteiger partial charge in [0.15, 0.2) is 9.84 Å². The Morgan fingerprint density at radius 3 is 2.57 bits per heavy atom. The lowest BCUT2D eigenvalue weighted by atomic mass is 10.1. The van der Waals surface area contributed by atoms with Crippen LogP contribution in [0.25, 0.3) is 0 Å². The molecule has 0 unspecified atom stereocenters. The zero-order chi connectivity index (χ0) is 17.0. The van der Waals surface area contributed by atoms with Gasteiger partial charge in [0, 0.05) is 18.4 Å². The molecule has 0 radical (unpaired) electrons. The Balaban J connectivity index is 2.06. The van der Waals surface area contributed by atoms with Crippen molar-refractivity contribution in [2.45, 2.75) is 11.3 Å². The molecule has 2 aromatic rings. The van der Waals surface area contributed by atoms with E-state index in [4.69, 9.17) is 11.6 Å². The number of rotatable bonds is 5. The van der Waals surface area contributed by atoms with Gasteiger partial charge >= 0.3 is 0 Å². The largest absolute Gasteiger partial charge is 0.352 e. The molecule has 1 amide bonds. The Morgan fingerprint density at radius 2 is 1.91 bits per heavy atom. The summed E-state index contributed by atoms with van der Waals surface area (Å²) in [5.41, 5.74) is 0.684. The van der Waals surface area contributed by atoms with Gasteiger partial charge in [-0.25, -0.2) is 12.8 Å². The van der Waals surface area contributed by atoms with Gasteiger partial charge in [0.2, 0.25) is 0 Å². The highest BCUT2D eigenvalue weighted by Crippen LogP contribution is 2.22. The van der Waals surface area contributed by atoms with Gasteiger partial charge in [-0.2, -0.15) is 0 Å². The first-order valence-corrected chi connectivity index (χ1v) is 9.07. The first kappa shape index (κ1) is 17.4. The number of halogens is 2. The van der Waals surface area contributed by atoms with Gasteiger partial charge in [0.1, 0.15) is 5.82 Å². The van der Waals surface area contributed by atoms with E-state index in [-0.39, 0.29) is 27.8 Å². The quantitative estimate of drug-likeness (QED) is 0.897. The first-order valence-electron chi connectivity index (χ1n) is 6.80. The number of hydrogen-bond acceptors (Lipinski definition) is 3. The second kappa shape index (κ2) is 7.10. The summed E-state index contributed by atoms with van der Waals surface area (Å²) in [4.78, 5) is 12.0. The van der Waals surface area contributed by atoms with Crippen molar-refractivity contribution in [2.24, 2.45) is 0 Å². The molecule has 0 bridgehead atoms. The average molecular weight is 356 g/mol. The Morgan fingerprint density at radius 1 is 1.22 bits per heavy atom. The van der Waals surface area contributed by atoms with Crippen molar-refractivity contribution in [3.8, 4) is 0 Å². The minimum Gasteiger partial charge on any atom is -0.352 e. The summed E-state index contributed by atoms with van der Waals surface area (Å²) in [6.45, 7) is 0.233. The van der Waals surface area contributed by atoms with E-state index in [0.717, 1.165) is 6.26 Å². The van der Waals surface area contributed by atoms with Crippen molar-refractivity contribution < 1.29 is 17.6 Å². The van der Waals surface area contributed by atoms with Crippen molar-refractivity contribution in [2.75, 3.05) is 12.8 Å². The third-order valence-electron chi connectivity index (χ3n) is 3.23. The highest BCUT2D eigenvalue weighted by Gasteiger charge is 2.15. The molecule has 0 atom stereocenters. The molecule has 0 saturated heterocycles. The van der Waals surface area contributed by atoms with Crippen LogP contribution >= 0.6 is 11.6 Å². The van der Waals surface area contributed by atoms with Gasteiger partial charge < -0.3 is 5.32 Å². The lowest BCUT2D eigenvalue weighted by Crippen LogP contribution is -2.26. The number of amides is 1. The molecule has 1 N–H and O–H groups in total. The van der Waals surface area contributed by atoms with E-state index in [9.17, 15) is 17.6 Å². The van der Waals surface area contributed by atoms with Gasteiger partial charge in [-0.05, 0) is 36.2 Å². The van der Waals surface area contributed by atoms with Crippen molar-refractivity contribution in [1.29, 1.82) is 0 Å². The molecule has 0 aliphatic heterocycles. The SMILES string of the molecule is CS(=O)(=O)c1cc(C(=O)NCCc2ccccc2F)ccc1Cl. The predicted molar refractivity (Wildman–Crippen MR) is 87.0 cm³/mol. The normalized spacial score (nSPS) is 11.3. The molecular weight excluding hydrogens is 341 g/mol. The molecular formula is C16H15ClFNO3S. The minimum absolute atomic E-state index is 0.0652. The smallest absolute Gasteiger partial charge is 0.251 e. The monoisotopic (exact) mass is 355 g/mol. The topological polar surface area (TPSA) is 63.2 Å². The van der Waals surface area contributed by atoms with E-state index in [0.29, 0.717) is 12.0 Å². The predicted octanol–water partition coefficient (Wildman–Crippen LogP) is 2.86. The molecule has 4 nitrogen and oxygen atoms in total. The Bertz CT molecular complexity index is 837. The van der Waals surface area contributed by atoms with Crippen LogP contribution in [0.1, 0.15) is 15.9 Å². The summed E-state index contributed by atoms with van der Waals surface area (Å²) >= 11 is 5.83. The van der Waals surface area contributed by atoms with E-state index in [1.165, 1.54) is 24.3 Å². The van der Waals surface area contributed by atoms with E-state index in [2.05, 4.69) is 5.32 Å². The van der Waals surface area contributed by atoms with Crippen molar-refractivity contribution in [3.63, 3.8) is 0 Å². The molecule has 0 aliphatic rings. The van der Waals surface area contributed by atoms with Gasteiger partial charge in [0.05, 0.1) is 9.92 Å². The van der Waals surface area contributed by atoms with Crippen LogP contribution in [0.3, 0.4) is 0 Å². The number of carbonyl (C=O) groups is 1. The molecule has 2 aromatic carbocycles. The molecule has 122 valence electrons. The van der Waals surface area contributed by atoms with Crippen LogP contribution in [-0.4, -0.2) is 27.1 Å². The standard InChI is InChI=1S/C16H15ClFNO3S/c1-23(21,22)15-10-12(6-7-13(15)17)16(20)19-9-8-11-4-2-3-5-14(11)18/h2-7,10H,8-9H2,1H3,(H,19,20). The summed E-state index contributed by atoms with van der Waals surface area (Å²) in [5.74, 6) is -0.768. The van der Waals surface area contributed by atoms with Crippen LogP contribution in [0.2, 0.25) is 5.02 Å². The van der Waals surface area contributed by atoms with Crippen LogP contribution in [0.15, 0.2) is 47.4 Å². The fourth-order valence-corrected chi connectivity index (χ4v) is 3.34. The van der Waals surface area contributed by atoms with Crippen molar-refractivity contribution in [3.05, 3.63) is 64.4 Å². The Kier molecular flexibility index (Phi) is 5.38. The molecule has 0 saturated carbocycles. The minimum atomic E-state index is -3.52. The number of sulfone groups is 1. The molecule has 23 heavy (non-hydrogen) atoms. The van der Waals surface area contributed by atoms with Gasteiger partial charge in [0.25, 0.3) is 5.91 Å². The summed E-state index contributed by atoms with van der Waals surface area (Å²) in [6, 6.07) is 10.4. The molecule has 7 heteroatoms. The molecule has 0 heterocycles. The summed E-state index contributed by atoms with van der Waals surface area (Å²) in [5, 5.41) is 2.69. The lowest BCUT2D eigenvalue weighted by molar-refractivity contribution is 0.0954. The van der Waals surface area contributed by atoms with E-state index in [1.807, 2.05) is 0 Å². The van der Waals surface area contributed by atoms with Crippen LogP contribution in [-0.2, 0) is 16.3 Å². The number of carbonyl (C=O) groups excluding carboxylic acids is 1. The fourth-order valence-electron chi connectivity index (χ4n) is 2.04. The Labute approximate surface area is 139 Å². The second-order valence-electron chi connectivity index (χ2n) is 5.01. The fraction of sp³-hybridized carbons (Fsp3) is 0.188. The maximum atomic E-state index is 13.5. The number of hydrogen-bond donors (Lipinski definition) is 1. The van der Waals surface area contributed by atoms with E-state index in [1.54, 1.807) is 18.2 Å². The van der Waals surface area contributed by atoms with Gasteiger partial charge in [-0.3, -0.25) is 4.79 Å². The van der Waals surface area contributed by atoms with Crippen LogP contribution in [0, 0.1) is 5.82 Å². The molecule has 0 aromatic heterocycles. The van der Waals surface area contributed by atoms with Crippen LogP contribution in [0.5, 0.6) is 0 Å². The van der Waals surface area contributed by atoms with E-state index >= 15 is 0 Å². The summed E-state index contributed by atoms with van der Waals surface area (Å²) in [6.07, 6.45) is 1.36. The van der Waals surface area contributed by atoms with E-state index < -0.39 is 15.7 Å². The Hall–Kier alpha value is -1.92. The van der Waals surface area contributed by atoms with Crippen LogP contribution in [0.4, 0.5) is 4.39 Å². The first-order chi connectivity index (χ1) is 10.8. The molecule has 0 spiro atoms. The second-order valence-corrected chi connectivity index (χ2v) is 7.41. The van der Waals surface area contributed by atoms with Crippen molar-refractivity contribution >= 4 is 27.3 Å². The third kappa shape index (κ3) is 4.53. The highest BCUT2D eigenvalue weighted by molar-refractivity contribution is 7.90. The zero-order valence-electron chi connectivity index (χ0n) is 12.3. The summed E-state index contributed by atoms with van der Waals surface area (Å²) in [7, 11) is -3.52. The maximum absolute atomic E-state index is 13.5. The lowest BCUT2D eigenvalue weighted by Gasteiger charge is -2.08. The summed E-state index contributed by atoms with van der Waals surface area (Å²) < 4.78 is 36.7. The van der Waals surface area contributed by atoms with Gasteiger partial charge in [-0.1, -0.05) is 29.8 Å². The molecule has 2 rings (SSSR count).